The van der Waals surface area contributed by atoms with Crippen LogP contribution in [0.25, 0.3) is 0 Å². The van der Waals surface area contributed by atoms with Gasteiger partial charge >= 0.3 is 0 Å². The Hall–Kier alpha value is -0.240. The molecular weight excluding hydrogens is 166 g/mol. The van der Waals surface area contributed by atoms with Crippen LogP contribution < -0.4 is 0 Å². The molecule has 0 saturated heterocycles. The second-order valence-corrected chi connectivity index (χ2v) is 4.13. The lowest BCUT2D eigenvalue weighted by atomic mass is 10.1. The van der Waals surface area contributed by atoms with Crippen LogP contribution in [0, 0.1) is 0 Å². The van der Waals surface area contributed by atoms with Crippen LogP contribution in [0.4, 0.5) is 0 Å². The fourth-order valence-corrected chi connectivity index (χ4v) is 2.08. The largest absolute Gasteiger partial charge is 0.283 e. The molecule has 0 saturated carbocycles. The molecule has 0 spiro atoms. The molecular formula is C10H17NS. The van der Waals surface area contributed by atoms with Crippen molar-refractivity contribution in [2.45, 2.75) is 32.1 Å². The number of rotatable bonds is 2. The maximum atomic E-state index is 4.55. The lowest BCUT2D eigenvalue weighted by molar-refractivity contribution is 0.647. The molecule has 0 aromatic carbocycles. The molecule has 0 N–H and O–H groups in total. The van der Waals surface area contributed by atoms with E-state index >= 15 is 0 Å². The van der Waals surface area contributed by atoms with Crippen LogP contribution >= 0.6 is 11.8 Å². The van der Waals surface area contributed by atoms with Crippen LogP contribution in [0.15, 0.2) is 17.6 Å². The van der Waals surface area contributed by atoms with Crippen molar-refractivity contribution in [3.8, 4) is 0 Å². The van der Waals surface area contributed by atoms with Crippen molar-refractivity contribution in [3.63, 3.8) is 0 Å². The minimum atomic E-state index is 1.01. The first kappa shape index (κ1) is 9.85. The van der Waals surface area contributed by atoms with Gasteiger partial charge in [0.1, 0.15) is 0 Å². The molecule has 68 valence electrons. The zero-order chi connectivity index (χ0) is 8.65. The molecule has 1 rings (SSSR count). The van der Waals surface area contributed by atoms with Gasteiger partial charge in [0, 0.05) is 12.3 Å². The Bertz CT molecular complexity index is 163. The fourth-order valence-electron chi connectivity index (χ4n) is 1.30. The second kappa shape index (κ2) is 6.30. The molecule has 12 heavy (non-hydrogen) atoms. The van der Waals surface area contributed by atoms with Crippen molar-refractivity contribution < 1.29 is 0 Å². The third kappa shape index (κ3) is 3.96. The predicted octanol–water partition coefficient (Wildman–Crippen LogP) is 3.27. The van der Waals surface area contributed by atoms with E-state index < -0.39 is 0 Å². The number of hydrogen-bond donors (Lipinski definition) is 0. The molecule has 0 atom stereocenters. The number of thioether (sulfide) groups is 1. The van der Waals surface area contributed by atoms with E-state index in [0.29, 0.717) is 0 Å². The van der Waals surface area contributed by atoms with Crippen molar-refractivity contribution >= 4 is 16.8 Å². The highest BCUT2D eigenvalue weighted by Crippen LogP contribution is 2.15. The first-order valence-electron chi connectivity index (χ1n) is 4.70. The quantitative estimate of drug-likeness (QED) is 0.598. The summed E-state index contributed by atoms with van der Waals surface area (Å²) in [5.74, 6) is 1.01. The smallest absolute Gasteiger partial charge is 0.0678 e. The topological polar surface area (TPSA) is 12.4 Å². The van der Waals surface area contributed by atoms with Crippen LogP contribution in [0.3, 0.4) is 0 Å². The van der Waals surface area contributed by atoms with Gasteiger partial charge in [-0.3, -0.25) is 4.99 Å². The highest BCUT2D eigenvalue weighted by Gasteiger charge is 2.02. The van der Waals surface area contributed by atoms with Crippen LogP contribution in [-0.2, 0) is 0 Å². The van der Waals surface area contributed by atoms with E-state index in [-0.39, 0.29) is 0 Å². The summed E-state index contributed by atoms with van der Waals surface area (Å²) in [5.41, 5.74) is 0. The molecule has 0 amide bonds. The summed E-state index contributed by atoms with van der Waals surface area (Å²) in [7, 11) is 0. The first-order valence-corrected chi connectivity index (χ1v) is 5.69. The Kier molecular flexibility index (Phi) is 5.16. The van der Waals surface area contributed by atoms with Gasteiger partial charge in [-0.25, -0.2) is 0 Å². The van der Waals surface area contributed by atoms with Crippen molar-refractivity contribution in [1.82, 2.24) is 0 Å². The summed E-state index contributed by atoms with van der Waals surface area (Å²) in [4.78, 5) is 4.55. The average molecular weight is 183 g/mol. The molecule has 0 unspecified atom stereocenters. The zero-order valence-electron chi connectivity index (χ0n) is 7.59. The van der Waals surface area contributed by atoms with Crippen molar-refractivity contribution in [1.29, 1.82) is 0 Å². The maximum Gasteiger partial charge on any atom is 0.0678 e. The molecule has 0 aromatic rings. The summed E-state index contributed by atoms with van der Waals surface area (Å²) in [6.07, 6.45) is 8.49. The van der Waals surface area contributed by atoms with Crippen LogP contribution in [0.1, 0.15) is 32.1 Å². The summed E-state index contributed by atoms with van der Waals surface area (Å²) in [6.45, 7) is 4.75. The van der Waals surface area contributed by atoms with Crippen LogP contribution in [-0.4, -0.2) is 17.3 Å². The SMILES string of the molecule is C=CCSC1=NCCCCCC1. The lowest BCUT2D eigenvalue weighted by Gasteiger charge is -2.08. The maximum absolute atomic E-state index is 4.55. The number of aliphatic imine (C=N–C) groups is 1. The number of nitrogens with zero attached hydrogens (tertiary/aromatic N) is 1. The van der Waals surface area contributed by atoms with E-state index in [2.05, 4.69) is 11.6 Å². The molecule has 1 aliphatic heterocycles. The second-order valence-electron chi connectivity index (χ2n) is 3.04. The molecule has 2 heteroatoms. The predicted molar refractivity (Wildman–Crippen MR) is 58.0 cm³/mol. The van der Waals surface area contributed by atoms with E-state index in [1.807, 2.05) is 17.8 Å². The standard InChI is InChI=1S/C10H17NS/c1-2-9-12-10-7-5-3-4-6-8-11-10/h2H,1,3-9H2. The Morgan fingerprint density at radius 1 is 1.33 bits per heavy atom. The first-order chi connectivity index (χ1) is 5.93. The van der Waals surface area contributed by atoms with Gasteiger partial charge in [0.2, 0.25) is 0 Å². The fraction of sp³-hybridized carbons (Fsp3) is 0.700. The van der Waals surface area contributed by atoms with E-state index in [1.54, 1.807) is 0 Å². The van der Waals surface area contributed by atoms with Crippen LogP contribution in [0.2, 0.25) is 0 Å². The molecule has 0 fully saturated rings. The molecule has 0 aromatic heterocycles. The van der Waals surface area contributed by atoms with Gasteiger partial charge in [0.05, 0.1) is 5.04 Å². The summed E-state index contributed by atoms with van der Waals surface area (Å²) in [5, 5.41) is 1.34. The highest BCUT2D eigenvalue weighted by molar-refractivity contribution is 8.14. The van der Waals surface area contributed by atoms with E-state index in [1.165, 1.54) is 37.1 Å². The third-order valence-corrected chi connectivity index (χ3v) is 3.02. The molecule has 0 bridgehead atoms. The van der Waals surface area contributed by atoms with Gasteiger partial charge in [-0.2, -0.15) is 0 Å². The van der Waals surface area contributed by atoms with Crippen LogP contribution in [0.5, 0.6) is 0 Å². The molecule has 0 aliphatic carbocycles. The van der Waals surface area contributed by atoms with Gasteiger partial charge < -0.3 is 0 Å². The molecule has 1 nitrogen and oxygen atoms in total. The van der Waals surface area contributed by atoms with Gasteiger partial charge in [-0.05, 0) is 19.3 Å². The lowest BCUT2D eigenvalue weighted by Crippen LogP contribution is -1.99. The Labute approximate surface area is 79.3 Å². The van der Waals surface area contributed by atoms with Gasteiger partial charge in [-0.1, -0.05) is 18.9 Å². The Morgan fingerprint density at radius 3 is 3.00 bits per heavy atom. The molecule has 0 radical (unpaired) electrons. The zero-order valence-corrected chi connectivity index (χ0v) is 8.41. The van der Waals surface area contributed by atoms with Crippen molar-refractivity contribution in [2.75, 3.05) is 12.3 Å². The monoisotopic (exact) mass is 183 g/mol. The minimum Gasteiger partial charge on any atom is -0.283 e. The van der Waals surface area contributed by atoms with Gasteiger partial charge in [0.25, 0.3) is 0 Å². The Balaban J connectivity index is 2.31. The average Bonchev–Trinajstić information content (AvgIpc) is 2.02. The molecule has 1 heterocycles. The van der Waals surface area contributed by atoms with Crippen molar-refractivity contribution in [2.24, 2.45) is 4.99 Å². The minimum absolute atomic E-state index is 1.01. The normalized spacial score (nSPS) is 19.2. The summed E-state index contributed by atoms with van der Waals surface area (Å²) < 4.78 is 0. The summed E-state index contributed by atoms with van der Waals surface area (Å²) in [6, 6.07) is 0. The van der Waals surface area contributed by atoms with E-state index in [9.17, 15) is 0 Å². The summed E-state index contributed by atoms with van der Waals surface area (Å²) >= 11 is 1.85. The molecule has 1 aliphatic rings. The van der Waals surface area contributed by atoms with Crippen molar-refractivity contribution in [3.05, 3.63) is 12.7 Å². The Morgan fingerprint density at radius 2 is 2.17 bits per heavy atom. The van der Waals surface area contributed by atoms with E-state index in [4.69, 9.17) is 0 Å². The van der Waals surface area contributed by atoms with Gasteiger partial charge in [-0.15, -0.1) is 18.3 Å². The highest BCUT2D eigenvalue weighted by atomic mass is 32.2. The van der Waals surface area contributed by atoms with Gasteiger partial charge in [0.15, 0.2) is 0 Å². The third-order valence-electron chi connectivity index (χ3n) is 1.95. The number of hydrogen-bond acceptors (Lipinski definition) is 2. The van der Waals surface area contributed by atoms with E-state index in [0.717, 1.165) is 12.3 Å².